The molecule has 0 aromatic heterocycles. The standard InChI is InChI=1S/C18H14Cl2FN3OS/c1-9-14(17(25)23-11-7-5-10(21)6-8-11)16(24-18(26)22-9)12-3-2-4-13(19)15(12)20/h2-8,16H,1H3,(H,23,25)(H2,22,24,26)/t16-/m1/s1. The Bertz CT molecular complexity index is 915. The van der Waals surface area contributed by atoms with E-state index >= 15 is 0 Å². The molecule has 2 aromatic rings. The van der Waals surface area contributed by atoms with Crippen LogP contribution >= 0.6 is 35.4 Å². The van der Waals surface area contributed by atoms with E-state index in [2.05, 4.69) is 16.0 Å². The Labute approximate surface area is 165 Å². The van der Waals surface area contributed by atoms with Crippen molar-refractivity contribution in [2.45, 2.75) is 13.0 Å². The van der Waals surface area contributed by atoms with Crippen molar-refractivity contribution in [3.05, 3.63) is 75.2 Å². The number of benzene rings is 2. The number of nitrogens with one attached hydrogen (secondary N) is 3. The lowest BCUT2D eigenvalue weighted by Gasteiger charge is -2.31. The van der Waals surface area contributed by atoms with Gasteiger partial charge in [-0.1, -0.05) is 35.3 Å². The van der Waals surface area contributed by atoms with Gasteiger partial charge in [0.05, 0.1) is 21.7 Å². The van der Waals surface area contributed by atoms with E-state index in [0.29, 0.717) is 37.7 Å². The van der Waals surface area contributed by atoms with E-state index in [1.54, 1.807) is 25.1 Å². The summed E-state index contributed by atoms with van der Waals surface area (Å²) in [7, 11) is 0. The summed E-state index contributed by atoms with van der Waals surface area (Å²) in [4.78, 5) is 12.9. The Kier molecular flexibility index (Phi) is 5.46. The minimum absolute atomic E-state index is 0.344. The quantitative estimate of drug-likeness (QED) is 0.650. The summed E-state index contributed by atoms with van der Waals surface area (Å²) in [6, 6.07) is 10.1. The molecule has 2 aromatic carbocycles. The molecule has 1 atom stereocenters. The van der Waals surface area contributed by atoms with Crippen LogP contribution in [0.2, 0.25) is 10.0 Å². The van der Waals surface area contributed by atoms with Crippen molar-refractivity contribution in [1.82, 2.24) is 10.6 Å². The minimum Gasteiger partial charge on any atom is -0.351 e. The number of rotatable bonds is 3. The summed E-state index contributed by atoms with van der Waals surface area (Å²) in [6.07, 6.45) is 0. The summed E-state index contributed by atoms with van der Waals surface area (Å²) in [5, 5.41) is 9.85. The van der Waals surface area contributed by atoms with Crippen LogP contribution in [0.25, 0.3) is 0 Å². The molecule has 0 spiro atoms. The third-order valence-electron chi connectivity index (χ3n) is 3.91. The van der Waals surface area contributed by atoms with Crippen LogP contribution in [0.5, 0.6) is 0 Å². The van der Waals surface area contributed by atoms with Gasteiger partial charge in [-0.05, 0) is 55.0 Å². The molecule has 1 amide bonds. The molecular weight excluding hydrogens is 396 g/mol. The number of carbonyl (C=O) groups is 1. The van der Waals surface area contributed by atoms with Gasteiger partial charge in [0.15, 0.2) is 5.11 Å². The van der Waals surface area contributed by atoms with E-state index in [9.17, 15) is 9.18 Å². The highest BCUT2D eigenvalue weighted by molar-refractivity contribution is 7.80. The van der Waals surface area contributed by atoms with Crippen LogP contribution in [0, 0.1) is 5.82 Å². The summed E-state index contributed by atoms with van der Waals surface area (Å²) >= 11 is 17.7. The molecule has 0 aliphatic carbocycles. The maximum absolute atomic E-state index is 13.1. The molecule has 1 heterocycles. The highest BCUT2D eigenvalue weighted by Crippen LogP contribution is 2.35. The van der Waals surface area contributed by atoms with Crippen LogP contribution in [-0.4, -0.2) is 11.0 Å². The summed E-state index contributed by atoms with van der Waals surface area (Å²) < 4.78 is 13.1. The first-order valence-electron chi connectivity index (χ1n) is 7.66. The van der Waals surface area contributed by atoms with Gasteiger partial charge in [0.1, 0.15) is 5.82 Å². The first-order chi connectivity index (χ1) is 12.4. The summed E-state index contributed by atoms with van der Waals surface area (Å²) in [5.41, 5.74) is 2.11. The number of anilines is 1. The van der Waals surface area contributed by atoms with Gasteiger partial charge < -0.3 is 16.0 Å². The van der Waals surface area contributed by atoms with Gasteiger partial charge in [0.25, 0.3) is 5.91 Å². The Morgan fingerprint density at radius 2 is 1.88 bits per heavy atom. The largest absolute Gasteiger partial charge is 0.351 e. The minimum atomic E-state index is -0.574. The fraction of sp³-hybridized carbons (Fsp3) is 0.111. The second-order valence-corrected chi connectivity index (χ2v) is 6.87. The maximum atomic E-state index is 13.1. The van der Waals surface area contributed by atoms with Crippen molar-refractivity contribution in [1.29, 1.82) is 0 Å². The van der Waals surface area contributed by atoms with Crippen molar-refractivity contribution in [2.24, 2.45) is 0 Å². The summed E-state index contributed by atoms with van der Waals surface area (Å²) in [5.74, 6) is -0.744. The predicted molar refractivity (Wildman–Crippen MR) is 106 cm³/mol. The van der Waals surface area contributed by atoms with Crippen molar-refractivity contribution in [2.75, 3.05) is 5.32 Å². The molecule has 0 unspecified atom stereocenters. The van der Waals surface area contributed by atoms with Gasteiger partial charge in [-0.3, -0.25) is 4.79 Å². The molecule has 26 heavy (non-hydrogen) atoms. The van der Waals surface area contributed by atoms with Crippen LogP contribution in [0.4, 0.5) is 10.1 Å². The smallest absolute Gasteiger partial charge is 0.255 e. The van der Waals surface area contributed by atoms with Crippen LogP contribution < -0.4 is 16.0 Å². The number of hydrogen-bond acceptors (Lipinski definition) is 2. The van der Waals surface area contributed by atoms with E-state index in [1.165, 1.54) is 24.3 Å². The monoisotopic (exact) mass is 409 g/mol. The van der Waals surface area contributed by atoms with Crippen molar-refractivity contribution in [3.63, 3.8) is 0 Å². The van der Waals surface area contributed by atoms with E-state index in [4.69, 9.17) is 35.4 Å². The fourth-order valence-electron chi connectivity index (χ4n) is 2.70. The average Bonchev–Trinajstić information content (AvgIpc) is 2.58. The van der Waals surface area contributed by atoms with Gasteiger partial charge in [-0.25, -0.2) is 4.39 Å². The highest BCUT2D eigenvalue weighted by Gasteiger charge is 2.31. The van der Waals surface area contributed by atoms with Gasteiger partial charge in [0.2, 0.25) is 0 Å². The molecule has 1 aliphatic rings. The Morgan fingerprint density at radius 3 is 2.58 bits per heavy atom. The number of thiocarbonyl (C=S) groups is 1. The first-order valence-corrected chi connectivity index (χ1v) is 8.82. The molecule has 0 saturated carbocycles. The van der Waals surface area contributed by atoms with E-state index in [1.807, 2.05) is 0 Å². The topological polar surface area (TPSA) is 53.2 Å². The number of hydrogen-bond donors (Lipinski definition) is 3. The van der Waals surface area contributed by atoms with Crippen LogP contribution in [0.3, 0.4) is 0 Å². The molecule has 4 nitrogen and oxygen atoms in total. The first kappa shape index (κ1) is 18.6. The summed E-state index contributed by atoms with van der Waals surface area (Å²) in [6.45, 7) is 1.75. The third-order valence-corrected chi connectivity index (χ3v) is 4.96. The number of allylic oxidation sites excluding steroid dienone is 1. The van der Waals surface area contributed by atoms with E-state index in [0.717, 1.165) is 0 Å². The van der Waals surface area contributed by atoms with E-state index < -0.39 is 6.04 Å². The molecule has 0 radical (unpaired) electrons. The third kappa shape index (κ3) is 3.82. The van der Waals surface area contributed by atoms with Crippen molar-refractivity contribution in [3.8, 4) is 0 Å². The normalized spacial score (nSPS) is 16.8. The predicted octanol–water partition coefficient (Wildman–Crippen LogP) is 4.56. The molecule has 3 N–H and O–H groups in total. The van der Waals surface area contributed by atoms with Gasteiger partial charge in [-0.15, -0.1) is 0 Å². The molecule has 1 aliphatic heterocycles. The molecule has 0 fully saturated rings. The van der Waals surface area contributed by atoms with Crippen LogP contribution in [0.15, 0.2) is 53.7 Å². The number of carbonyl (C=O) groups excluding carboxylic acids is 1. The number of halogens is 3. The Morgan fingerprint density at radius 1 is 1.19 bits per heavy atom. The molecule has 0 bridgehead atoms. The van der Waals surface area contributed by atoms with E-state index in [-0.39, 0.29) is 11.7 Å². The molecule has 8 heteroatoms. The van der Waals surface area contributed by atoms with Crippen LogP contribution in [-0.2, 0) is 4.79 Å². The van der Waals surface area contributed by atoms with Crippen molar-refractivity contribution >= 4 is 52.1 Å². The van der Waals surface area contributed by atoms with Gasteiger partial charge in [0, 0.05) is 11.4 Å². The average molecular weight is 410 g/mol. The second-order valence-electron chi connectivity index (χ2n) is 5.67. The zero-order valence-electron chi connectivity index (χ0n) is 13.6. The number of amides is 1. The lowest BCUT2D eigenvalue weighted by molar-refractivity contribution is -0.113. The second kappa shape index (κ2) is 7.61. The Balaban J connectivity index is 1.99. The Hall–Kier alpha value is -2.15. The highest BCUT2D eigenvalue weighted by atomic mass is 35.5. The fourth-order valence-corrected chi connectivity index (χ4v) is 3.39. The SMILES string of the molecule is CC1=C(C(=O)Nc2ccc(F)cc2)[C@@H](c2cccc(Cl)c2Cl)NC(=S)N1. The lowest BCUT2D eigenvalue weighted by Crippen LogP contribution is -2.45. The van der Waals surface area contributed by atoms with Gasteiger partial charge >= 0.3 is 0 Å². The maximum Gasteiger partial charge on any atom is 0.255 e. The van der Waals surface area contributed by atoms with Gasteiger partial charge in [-0.2, -0.15) is 0 Å². The zero-order chi connectivity index (χ0) is 18.8. The molecule has 3 rings (SSSR count). The molecule has 0 saturated heterocycles. The zero-order valence-corrected chi connectivity index (χ0v) is 15.9. The lowest BCUT2D eigenvalue weighted by atomic mass is 9.95. The molecular formula is C18H14Cl2FN3OS. The van der Waals surface area contributed by atoms with Crippen molar-refractivity contribution < 1.29 is 9.18 Å². The molecule has 134 valence electrons. The van der Waals surface area contributed by atoms with Crippen LogP contribution in [0.1, 0.15) is 18.5 Å².